The lowest BCUT2D eigenvalue weighted by molar-refractivity contribution is 0.118. The molecule has 0 amide bonds. The van der Waals surface area contributed by atoms with Gasteiger partial charge in [-0.3, -0.25) is 4.90 Å². The Morgan fingerprint density at radius 2 is 1.94 bits per heavy atom. The van der Waals surface area contributed by atoms with Gasteiger partial charge in [-0.1, -0.05) is 20.3 Å². The van der Waals surface area contributed by atoms with E-state index in [2.05, 4.69) is 18.7 Å². The third-order valence-corrected chi connectivity index (χ3v) is 5.06. The van der Waals surface area contributed by atoms with Crippen molar-refractivity contribution in [1.29, 1.82) is 0 Å². The van der Waals surface area contributed by atoms with E-state index in [1.165, 1.54) is 58.0 Å². The number of nitrogens with two attached hydrogens (primary N) is 1. The van der Waals surface area contributed by atoms with E-state index in [-0.39, 0.29) is 0 Å². The second-order valence-corrected chi connectivity index (χ2v) is 6.39. The summed E-state index contributed by atoms with van der Waals surface area (Å²) in [6.45, 7) is 7.32. The number of rotatable bonds is 2. The van der Waals surface area contributed by atoms with E-state index in [4.69, 9.17) is 5.73 Å². The minimum absolute atomic E-state index is 0.435. The zero-order valence-corrected chi connectivity index (χ0v) is 11.7. The summed E-state index contributed by atoms with van der Waals surface area (Å²) in [7, 11) is 0. The number of hydrogen-bond acceptors (Lipinski definition) is 2. The molecule has 0 aromatic rings. The lowest BCUT2D eigenvalue weighted by atomic mass is 9.83. The first-order valence-corrected chi connectivity index (χ1v) is 7.70. The summed E-state index contributed by atoms with van der Waals surface area (Å²) in [6.07, 6.45) is 9.48. The number of hydrogen-bond donors (Lipinski definition) is 1. The highest BCUT2D eigenvalue weighted by Gasteiger charge is 2.31. The average Bonchev–Trinajstić information content (AvgIpc) is 2.57. The van der Waals surface area contributed by atoms with E-state index in [0.29, 0.717) is 12.1 Å². The third kappa shape index (κ3) is 3.45. The maximum atomic E-state index is 6.35. The van der Waals surface area contributed by atoms with Crippen molar-refractivity contribution >= 4 is 0 Å². The lowest BCUT2D eigenvalue weighted by Crippen LogP contribution is -2.51. The van der Waals surface area contributed by atoms with Crippen molar-refractivity contribution in [2.75, 3.05) is 13.1 Å². The molecule has 0 spiro atoms. The van der Waals surface area contributed by atoms with Crippen LogP contribution in [0.3, 0.4) is 0 Å². The number of likely N-dealkylation sites (tertiary alicyclic amines) is 1. The molecule has 1 aliphatic carbocycles. The highest BCUT2D eigenvalue weighted by molar-refractivity contribution is 4.89. The van der Waals surface area contributed by atoms with Crippen molar-refractivity contribution in [1.82, 2.24) is 4.90 Å². The molecule has 2 nitrogen and oxygen atoms in total. The van der Waals surface area contributed by atoms with Crippen molar-refractivity contribution < 1.29 is 0 Å². The normalized spacial score (nSPS) is 41.1. The molecule has 2 aliphatic rings. The molecule has 0 aromatic carbocycles. The Labute approximate surface area is 107 Å². The topological polar surface area (TPSA) is 29.3 Å². The van der Waals surface area contributed by atoms with Gasteiger partial charge in [0, 0.05) is 12.1 Å². The van der Waals surface area contributed by atoms with Gasteiger partial charge in [0.2, 0.25) is 0 Å². The van der Waals surface area contributed by atoms with Crippen LogP contribution in [0, 0.1) is 11.8 Å². The van der Waals surface area contributed by atoms with Crippen LogP contribution in [-0.2, 0) is 0 Å². The van der Waals surface area contributed by atoms with E-state index in [1.807, 2.05) is 0 Å². The molecule has 0 aromatic heterocycles. The Bertz CT molecular complexity index is 229. The SMILES string of the molecule is CCC1CCCN(C2CC(C)CCC2N)CC1. The molecule has 2 rings (SSSR count). The molecule has 2 N–H and O–H groups in total. The van der Waals surface area contributed by atoms with Gasteiger partial charge in [-0.05, 0) is 63.5 Å². The summed E-state index contributed by atoms with van der Waals surface area (Å²) < 4.78 is 0. The average molecular weight is 238 g/mol. The number of nitrogens with zero attached hydrogens (tertiary/aromatic N) is 1. The van der Waals surface area contributed by atoms with E-state index in [9.17, 15) is 0 Å². The molecule has 17 heavy (non-hydrogen) atoms. The standard InChI is InChI=1S/C15H30N2/c1-3-13-5-4-9-17(10-8-13)15-11-12(2)6-7-14(15)16/h12-15H,3-11,16H2,1-2H3. The second kappa shape index (κ2) is 6.19. The molecule has 4 atom stereocenters. The summed E-state index contributed by atoms with van der Waals surface area (Å²) in [5.41, 5.74) is 6.35. The Kier molecular flexibility index (Phi) is 4.87. The molecule has 100 valence electrons. The van der Waals surface area contributed by atoms with Gasteiger partial charge < -0.3 is 5.73 Å². The van der Waals surface area contributed by atoms with E-state index in [1.54, 1.807) is 0 Å². The zero-order valence-electron chi connectivity index (χ0n) is 11.7. The minimum atomic E-state index is 0.435. The van der Waals surface area contributed by atoms with Gasteiger partial charge in [-0.15, -0.1) is 0 Å². The summed E-state index contributed by atoms with van der Waals surface area (Å²) in [4.78, 5) is 2.72. The van der Waals surface area contributed by atoms with Crippen molar-refractivity contribution in [2.24, 2.45) is 17.6 Å². The van der Waals surface area contributed by atoms with Gasteiger partial charge in [0.1, 0.15) is 0 Å². The molecule has 1 heterocycles. The maximum Gasteiger partial charge on any atom is 0.0249 e. The Morgan fingerprint density at radius 1 is 1.12 bits per heavy atom. The molecule has 0 radical (unpaired) electrons. The predicted octanol–water partition coefficient (Wildman–Crippen LogP) is 3.01. The highest BCUT2D eigenvalue weighted by atomic mass is 15.2. The second-order valence-electron chi connectivity index (χ2n) is 6.39. The van der Waals surface area contributed by atoms with Gasteiger partial charge in [-0.2, -0.15) is 0 Å². The molecule has 0 bridgehead atoms. The summed E-state index contributed by atoms with van der Waals surface area (Å²) in [5.74, 6) is 1.85. The van der Waals surface area contributed by atoms with Gasteiger partial charge in [0.15, 0.2) is 0 Å². The minimum Gasteiger partial charge on any atom is -0.326 e. The molecule has 1 saturated carbocycles. The van der Waals surface area contributed by atoms with Gasteiger partial charge in [0.05, 0.1) is 0 Å². The van der Waals surface area contributed by atoms with E-state index >= 15 is 0 Å². The summed E-state index contributed by atoms with van der Waals surface area (Å²) in [6, 6.07) is 1.11. The molecule has 2 fully saturated rings. The Hall–Kier alpha value is -0.0800. The van der Waals surface area contributed by atoms with Crippen LogP contribution in [-0.4, -0.2) is 30.1 Å². The zero-order chi connectivity index (χ0) is 12.3. The maximum absolute atomic E-state index is 6.35. The highest BCUT2D eigenvalue weighted by Crippen LogP contribution is 2.29. The smallest absolute Gasteiger partial charge is 0.0249 e. The Morgan fingerprint density at radius 3 is 2.71 bits per heavy atom. The van der Waals surface area contributed by atoms with Crippen LogP contribution >= 0.6 is 0 Å². The van der Waals surface area contributed by atoms with Crippen LogP contribution in [0.1, 0.15) is 58.8 Å². The van der Waals surface area contributed by atoms with Crippen molar-refractivity contribution in [3.8, 4) is 0 Å². The van der Waals surface area contributed by atoms with Crippen molar-refractivity contribution in [2.45, 2.75) is 70.9 Å². The van der Waals surface area contributed by atoms with Crippen LogP contribution in [0.4, 0.5) is 0 Å². The first-order valence-electron chi connectivity index (χ1n) is 7.70. The molecule has 2 heteroatoms. The molecule has 1 saturated heterocycles. The first-order chi connectivity index (χ1) is 8.20. The van der Waals surface area contributed by atoms with Crippen molar-refractivity contribution in [3.05, 3.63) is 0 Å². The molecular weight excluding hydrogens is 208 g/mol. The Balaban J connectivity index is 1.91. The van der Waals surface area contributed by atoms with E-state index in [0.717, 1.165) is 11.8 Å². The summed E-state index contributed by atoms with van der Waals surface area (Å²) >= 11 is 0. The molecule has 1 aliphatic heterocycles. The van der Waals surface area contributed by atoms with Gasteiger partial charge in [0.25, 0.3) is 0 Å². The quantitative estimate of drug-likeness (QED) is 0.801. The van der Waals surface area contributed by atoms with Gasteiger partial charge in [-0.25, -0.2) is 0 Å². The van der Waals surface area contributed by atoms with Crippen LogP contribution < -0.4 is 5.73 Å². The fraction of sp³-hybridized carbons (Fsp3) is 1.00. The largest absolute Gasteiger partial charge is 0.326 e. The monoisotopic (exact) mass is 238 g/mol. The fourth-order valence-electron chi connectivity index (χ4n) is 3.72. The van der Waals surface area contributed by atoms with Crippen molar-refractivity contribution in [3.63, 3.8) is 0 Å². The van der Waals surface area contributed by atoms with E-state index < -0.39 is 0 Å². The van der Waals surface area contributed by atoms with Crippen LogP contribution in [0.2, 0.25) is 0 Å². The van der Waals surface area contributed by atoms with Gasteiger partial charge >= 0.3 is 0 Å². The van der Waals surface area contributed by atoms with Crippen LogP contribution in [0.15, 0.2) is 0 Å². The third-order valence-electron chi connectivity index (χ3n) is 5.06. The molecular formula is C15H30N2. The van der Waals surface area contributed by atoms with Crippen LogP contribution in [0.5, 0.6) is 0 Å². The first kappa shape index (κ1) is 13.4. The predicted molar refractivity (Wildman–Crippen MR) is 74.0 cm³/mol. The summed E-state index contributed by atoms with van der Waals surface area (Å²) in [5, 5.41) is 0. The van der Waals surface area contributed by atoms with Crippen LogP contribution in [0.25, 0.3) is 0 Å². The molecule has 4 unspecified atom stereocenters. The lowest BCUT2D eigenvalue weighted by Gasteiger charge is -2.40. The fourth-order valence-corrected chi connectivity index (χ4v) is 3.72.